The van der Waals surface area contributed by atoms with E-state index in [1.54, 1.807) is 29.2 Å². The highest BCUT2D eigenvalue weighted by atomic mass is 19.4. The molecule has 0 bridgehead atoms. The molecular weight excluding hydrogens is 433 g/mol. The predicted molar refractivity (Wildman–Crippen MR) is 119 cm³/mol. The normalized spacial score (nSPS) is 18.0. The topological polar surface area (TPSA) is 64.7 Å². The van der Waals surface area contributed by atoms with Gasteiger partial charge in [0, 0.05) is 37.9 Å². The van der Waals surface area contributed by atoms with Crippen LogP contribution in [0.3, 0.4) is 0 Å². The summed E-state index contributed by atoms with van der Waals surface area (Å²) in [4.78, 5) is 29.3. The highest BCUT2D eigenvalue weighted by Crippen LogP contribution is 2.32. The van der Waals surface area contributed by atoms with Gasteiger partial charge in [-0.3, -0.25) is 14.5 Å². The Morgan fingerprint density at radius 3 is 2.36 bits per heavy atom. The Balaban J connectivity index is 1.41. The number of nitrogens with one attached hydrogen (secondary N) is 2. The summed E-state index contributed by atoms with van der Waals surface area (Å²) in [6.45, 7) is 3.97. The van der Waals surface area contributed by atoms with Gasteiger partial charge in [0.1, 0.15) is 0 Å². The Morgan fingerprint density at radius 1 is 1.00 bits per heavy atom. The first-order valence-corrected chi connectivity index (χ1v) is 11.1. The van der Waals surface area contributed by atoms with Gasteiger partial charge in [0.2, 0.25) is 5.91 Å². The van der Waals surface area contributed by atoms with Crippen molar-refractivity contribution >= 4 is 23.2 Å². The first kappa shape index (κ1) is 23.1. The smallest absolute Gasteiger partial charge is 0.355 e. The molecule has 1 saturated carbocycles. The van der Waals surface area contributed by atoms with Crippen molar-refractivity contribution in [2.24, 2.45) is 0 Å². The van der Waals surface area contributed by atoms with E-state index in [0.717, 1.165) is 25.0 Å². The molecule has 176 valence electrons. The highest BCUT2D eigenvalue weighted by molar-refractivity contribution is 6.00. The number of piperazine rings is 1. The van der Waals surface area contributed by atoms with Crippen LogP contribution in [0.1, 0.15) is 35.7 Å². The van der Waals surface area contributed by atoms with Crippen LogP contribution < -0.4 is 10.6 Å². The van der Waals surface area contributed by atoms with E-state index in [9.17, 15) is 22.8 Å². The van der Waals surface area contributed by atoms with Crippen LogP contribution in [0.15, 0.2) is 48.5 Å². The average Bonchev–Trinajstić information content (AvgIpc) is 3.62. The maximum absolute atomic E-state index is 13.2. The van der Waals surface area contributed by atoms with Crippen LogP contribution in [0.25, 0.3) is 0 Å². The van der Waals surface area contributed by atoms with E-state index in [4.69, 9.17) is 0 Å². The molecule has 4 rings (SSSR count). The van der Waals surface area contributed by atoms with Crippen molar-refractivity contribution in [2.45, 2.75) is 38.0 Å². The largest absolute Gasteiger partial charge is 0.416 e. The number of hydrogen-bond acceptors (Lipinski definition) is 4. The molecule has 9 heteroatoms. The Bertz CT molecular complexity index is 1010. The fraction of sp³-hybridized carbons (Fsp3) is 0.417. The van der Waals surface area contributed by atoms with Gasteiger partial charge in [0.05, 0.1) is 22.9 Å². The number of alkyl halides is 3. The zero-order valence-corrected chi connectivity index (χ0v) is 18.4. The van der Waals surface area contributed by atoms with E-state index in [1.165, 1.54) is 12.1 Å². The fourth-order valence-electron chi connectivity index (χ4n) is 3.91. The Kier molecular flexibility index (Phi) is 6.60. The summed E-state index contributed by atoms with van der Waals surface area (Å²) in [5, 5.41) is 5.97. The van der Waals surface area contributed by atoms with E-state index in [0.29, 0.717) is 43.5 Å². The van der Waals surface area contributed by atoms with Crippen LogP contribution in [0, 0.1) is 0 Å². The van der Waals surface area contributed by atoms with Crippen LogP contribution in [-0.4, -0.2) is 59.9 Å². The molecular formula is C24H27F3N4O2. The molecule has 1 unspecified atom stereocenters. The number of amides is 2. The minimum atomic E-state index is -4.45. The van der Waals surface area contributed by atoms with Gasteiger partial charge in [-0.2, -0.15) is 13.2 Å². The Labute approximate surface area is 190 Å². The monoisotopic (exact) mass is 460 g/mol. The molecule has 33 heavy (non-hydrogen) atoms. The first-order valence-electron chi connectivity index (χ1n) is 11.1. The van der Waals surface area contributed by atoms with E-state index < -0.39 is 11.7 Å². The Hall–Kier alpha value is -3.07. The number of benzene rings is 2. The lowest BCUT2D eigenvalue weighted by Crippen LogP contribution is -2.55. The molecule has 1 heterocycles. The zero-order chi connectivity index (χ0) is 23.6. The summed E-state index contributed by atoms with van der Waals surface area (Å²) >= 11 is 0. The molecule has 2 aliphatic rings. The second kappa shape index (κ2) is 9.43. The second-order valence-corrected chi connectivity index (χ2v) is 8.54. The number of nitrogens with zero attached hydrogens (tertiary/aromatic N) is 2. The summed E-state index contributed by atoms with van der Waals surface area (Å²) in [6.07, 6.45) is -2.37. The van der Waals surface area contributed by atoms with E-state index >= 15 is 0 Å². The van der Waals surface area contributed by atoms with Crippen LogP contribution in [0.5, 0.6) is 0 Å². The molecule has 6 nitrogen and oxygen atoms in total. The molecule has 2 N–H and O–H groups in total. The predicted octanol–water partition coefficient (Wildman–Crippen LogP) is 3.87. The molecule has 0 spiro atoms. The zero-order valence-electron chi connectivity index (χ0n) is 18.4. The summed E-state index contributed by atoms with van der Waals surface area (Å²) < 4.78 is 39.1. The number of anilines is 2. The third kappa shape index (κ3) is 5.65. The minimum absolute atomic E-state index is 0.0212. The highest BCUT2D eigenvalue weighted by Gasteiger charge is 2.32. The van der Waals surface area contributed by atoms with Gasteiger partial charge in [-0.05, 0) is 50.1 Å². The number of hydrogen-bond donors (Lipinski definition) is 2. The third-order valence-corrected chi connectivity index (χ3v) is 6.08. The molecule has 1 aliphatic heterocycles. The summed E-state index contributed by atoms with van der Waals surface area (Å²) in [5.74, 6) is -0.173. The van der Waals surface area contributed by atoms with Gasteiger partial charge < -0.3 is 15.5 Å². The maximum Gasteiger partial charge on any atom is 0.416 e. The van der Waals surface area contributed by atoms with Gasteiger partial charge in [0.15, 0.2) is 0 Å². The number of para-hydroxylation sites is 1. The molecule has 2 fully saturated rings. The van der Waals surface area contributed by atoms with E-state index in [2.05, 4.69) is 15.5 Å². The summed E-state index contributed by atoms with van der Waals surface area (Å²) in [7, 11) is 0. The SMILES string of the molecule is CC(C(=O)NC1CC1)N1CCN(C(=O)c2ccccc2Nc2cccc(C(F)(F)F)c2)CC1. The van der Waals surface area contributed by atoms with Crippen molar-refractivity contribution in [1.29, 1.82) is 0 Å². The van der Waals surface area contributed by atoms with Crippen molar-refractivity contribution in [3.63, 3.8) is 0 Å². The first-order chi connectivity index (χ1) is 15.7. The minimum Gasteiger partial charge on any atom is -0.355 e. The lowest BCUT2D eigenvalue weighted by Gasteiger charge is -2.37. The van der Waals surface area contributed by atoms with Gasteiger partial charge >= 0.3 is 6.18 Å². The van der Waals surface area contributed by atoms with E-state index in [1.807, 2.05) is 6.92 Å². The molecule has 0 aromatic heterocycles. The van der Waals surface area contributed by atoms with Crippen LogP contribution >= 0.6 is 0 Å². The fourth-order valence-corrected chi connectivity index (χ4v) is 3.91. The standard InChI is InChI=1S/C24H27F3N4O2/c1-16(22(32)29-18-9-10-18)30-11-13-31(14-12-30)23(33)20-7-2-3-8-21(20)28-19-6-4-5-17(15-19)24(25,26)27/h2-8,15-16,18,28H,9-14H2,1H3,(H,29,32). The second-order valence-electron chi connectivity index (χ2n) is 8.54. The maximum atomic E-state index is 13.2. The molecule has 2 amide bonds. The molecule has 1 saturated heterocycles. The van der Waals surface area contributed by atoms with Crippen molar-refractivity contribution in [3.05, 3.63) is 59.7 Å². The summed E-state index contributed by atoms with van der Waals surface area (Å²) in [6, 6.07) is 11.7. The quantitative estimate of drug-likeness (QED) is 0.687. The number of rotatable bonds is 6. The Morgan fingerprint density at radius 2 is 1.70 bits per heavy atom. The average molecular weight is 461 g/mol. The molecule has 1 atom stereocenters. The van der Waals surface area contributed by atoms with Crippen LogP contribution in [-0.2, 0) is 11.0 Å². The lowest BCUT2D eigenvalue weighted by molar-refractivity contribution is -0.137. The van der Waals surface area contributed by atoms with Crippen molar-refractivity contribution in [3.8, 4) is 0 Å². The van der Waals surface area contributed by atoms with Crippen LogP contribution in [0.2, 0.25) is 0 Å². The molecule has 2 aromatic rings. The van der Waals surface area contributed by atoms with Gasteiger partial charge in [-0.25, -0.2) is 0 Å². The van der Waals surface area contributed by atoms with Gasteiger partial charge in [-0.1, -0.05) is 18.2 Å². The van der Waals surface area contributed by atoms with E-state index in [-0.39, 0.29) is 23.5 Å². The third-order valence-electron chi connectivity index (χ3n) is 6.08. The summed E-state index contributed by atoms with van der Waals surface area (Å²) in [5.41, 5.74) is 0.335. The lowest BCUT2D eigenvalue weighted by atomic mass is 10.1. The number of carbonyl (C=O) groups is 2. The molecule has 2 aromatic carbocycles. The van der Waals surface area contributed by atoms with Crippen molar-refractivity contribution in [2.75, 3.05) is 31.5 Å². The van der Waals surface area contributed by atoms with Gasteiger partial charge in [0.25, 0.3) is 5.91 Å². The molecule has 1 aliphatic carbocycles. The number of halogens is 3. The van der Waals surface area contributed by atoms with Crippen molar-refractivity contribution < 1.29 is 22.8 Å². The van der Waals surface area contributed by atoms with Crippen LogP contribution in [0.4, 0.5) is 24.5 Å². The molecule has 0 radical (unpaired) electrons. The number of carbonyl (C=O) groups excluding carboxylic acids is 2. The van der Waals surface area contributed by atoms with Crippen molar-refractivity contribution in [1.82, 2.24) is 15.1 Å². The van der Waals surface area contributed by atoms with Gasteiger partial charge in [-0.15, -0.1) is 0 Å².